The summed E-state index contributed by atoms with van der Waals surface area (Å²) in [5, 5.41) is 3.99. The summed E-state index contributed by atoms with van der Waals surface area (Å²) < 4.78 is 44.4. The lowest BCUT2D eigenvalue weighted by Crippen LogP contribution is -2.39. The molecule has 0 saturated heterocycles. The number of anilines is 1. The lowest BCUT2D eigenvalue weighted by molar-refractivity contribution is -0.119. The van der Waals surface area contributed by atoms with E-state index in [1.54, 1.807) is 60.7 Å². The largest absolute Gasteiger partial charge is 0.495 e. The normalized spacial score (nSPS) is 11.2. The van der Waals surface area contributed by atoms with Gasteiger partial charge in [0.05, 0.1) is 37.1 Å². The number of methoxy groups -OCH3 is 1. The van der Waals surface area contributed by atoms with Crippen LogP contribution in [0.2, 0.25) is 0 Å². The summed E-state index contributed by atoms with van der Waals surface area (Å²) in [5.41, 5.74) is 3.29. The second-order valence-electron chi connectivity index (χ2n) is 7.36. The average Bonchev–Trinajstić information content (AvgIpc) is 2.89. The van der Waals surface area contributed by atoms with Crippen LogP contribution < -0.4 is 23.9 Å². The fraction of sp³-hybridized carbons (Fsp3) is 0.231. The third kappa shape index (κ3) is 6.54. The van der Waals surface area contributed by atoms with Gasteiger partial charge in [0.25, 0.3) is 15.9 Å². The van der Waals surface area contributed by atoms with Crippen molar-refractivity contribution >= 4 is 27.8 Å². The minimum Gasteiger partial charge on any atom is -0.495 e. The predicted molar refractivity (Wildman–Crippen MR) is 138 cm³/mol. The van der Waals surface area contributed by atoms with E-state index in [-0.39, 0.29) is 10.6 Å². The number of hydrogen-bond acceptors (Lipinski definition) is 7. The second kappa shape index (κ2) is 12.6. The zero-order chi connectivity index (χ0) is 26.0. The van der Waals surface area contributed by atoms with Gasteiger partial charge in [-0.25, -0.2) is 13.8 Å². The molecule has 0 aliphatic heterocycles. The van der Waals surface area contributed by atoms with Crippen molar-refractivity contribution in [2.45, 2.75) is 18.7 Å². The topological polar surface area (TPSA) is 107 Å². The Balaban J connectivity index is 1.82. The van der Waals surface area contributed by atoms with E-state index in [1.807, 2.05) is 13.8 Å². The first-order chi connectivity index (χ1) is 17.4. The molecular formula is C26H29N3O6S. The predicted octanol–water partition coefficient (Wildman–Crippen LogP) is 3.84. The fourth-order valence-electron chi connectivity index (χ4n) is 3.35. The van der Waals surface area contributed by atoms with Gasteiger partial charge in [-0.05, 0) is 61.9 Å². The second-order valence-corrected chi connectivity index (χ2v) is 9.22. The van der Waals surface area contributed by atoms with Gasteiger partial charge in [0.15, 0.2) is 11.5 Å². The molecule has 9 nitrogen and oxygen atoms in total. The number of benzene rings is 3. The van der Waals surface area contributed by atoms with Gasteiger partial charge in [-0.2, -0.15) is 5.10 Å². The van der Waals surface area contributed by atoms with Crippen molar-refractivity contribution in [3.63, 3.8) is 0 Å². The third-order valence-electron chi connectivity index (χ3n) is 4.94. The number of ether oxygens (including phenoxy) is 3. The number of sulfonamides is 1. The first kappa shape index (κ1) is 26.6. The number of carbonyl (C=O) groups excluding carboxylic acids is 1. The lowest BCUT2D eigenvalue weighted by Gasteiger charge is -2.25. The third-order valence-corrected chi connectivity index (χ3v) is 6.72. The number of hydrogen-bond donors (Lipinski definition) is 1. The number of nitrogens with zero attached hydrogens (tertiary/aromatic N) is 2. The molecule has 0 bridgehead atoms. The van der Waals surface area contributed by atoms with Crippen LogP contribution in [0, 0.1) is 0 Å². The standard InChI is InChI=1S/C26H29N3O6S/c1-4-34-24-16-15-20(17-25(24)35-5-2)18-27-28-26(30)19-29(22-13-9-10-14-23(22)33-3)36(31,32)21-11-7-6-8-12-21/h6-18H,4-5,19H2,1-3H3,(H,28,30)/b27-18-. The molecule has 36 heavy (non-hydrogen) atoms. The molecule has 0 aromatic heterocycles. The van der Waals surface area contributed by atoms with Crippen molar-refractivity contribution in [2.75, 3.05) is 31.2 Å². The van der Waals surface area contributed by atoms with Crippen molar-refractivity contribution in [3.8, 4) is 17.2 Å². The van der Waals surface area contributed by atoms with Crippen LogP contribution in [0.3, 0.4) is 0 Å². The van der Waals surface area contributed by atoms with Gasteiger partial charge in [-0.3, -0.25) is 9.10 Å². The molecule has 0 heterocycles. The summed E-state index contributed by atoms with van der Waals surface area (Å²) in [7, 11) is -2.64. The van der Waals surface area contributed by atoms with E-state index in [4.69, 9.17) is 14.2 Å². The number of amides is 1. The molecule has 0 radical (unpaired) electrons. The van der Waals surface area contributed by atoms with E-state index in [0.29, 0.717) is 36.0 Å². The summed E-state index contributed by atoms with van der Waals surface area (Å²) in [6, 6.07) is 19.7. The van der Waals surface area contributed by atoms with Gasteiger partial charge >= 0.3 is 0 Å². The summed E-state index contributed by atoms with van der Waals surface area (Å²) in [5.74, 6) is 0.851. The molecule has 0 saturated carbocycles. The van der Waals surface area contributed by atoms with Crippen LogP contribution in [0.4, 0.5) is 5.69 Å². The molecule has 10 heteroatoms. The highest BCUT2D eigenvalue weighted by Crippen LogP contribution is 2.32. The first-order valence-corrected chi connectivity index (χ1v) is 12.8. The maximum atomic E-state index is 13.4. The van der Waals surface area contributed by atoms with E-state index in [1.165, 1.54) is 25.5 Å². The molecule has 3 rings (SSSR count). The van der Waals surface area contributed by atoms with Crippen LogP contribution in [-0.2, 0) is 14.8 Å². The number of hydrazone groups is 1. The zero-order valence-electron chi connectivity index (χ0n) is 20.4. The van der Waals surface area contributed by atoms with E-state index < -0.39 is 22.5 Å². The zero-order valence-corrected chi connectivity index (χ0v) is 21.2. The Labute approximate surface area is 211 Å². The summed E-state index contributed by atoms with van der Waals surface area (Å²) in [6.07, 6.45) is 1.44. The molecule has 0 atom stereocenters. The number of carbonyl (C=O) groups is 1. The fourth-order valence-corrected chi connectivity index (χ4v) is 4.80. The van der Waals surface area contributed by atoms with Crippen LogP contribution in [0.1, 0.15) is 19.4 Å². The van der Waals surface area contributed by atoms with Gasteiger partial charge in [0.2, 0.25) is 0 Å². The molecule has 0 spiro atoms. The maximum absolute atomic E-state index is 13.4. The highest BCUT2D eigenvalue weighted by molar-refractivity contribution is 7.92. The molecule has 1 N–H and O–H groups in total. The van der Waals surface area contributed by atoms with E-state index >= 15 is 0 Å². The van der Waals surface area contributed by atoms with Crippen molar-refractivity contribution in [1.82, 2.24) is 5.43 Å². The van der Waals surface area contributed by atoms with Crippen LogP contribution in [0.15, 0.2) is 82.8 Å². The summed E-state index contributed by atoms with van der Waals surface area (Å²) in [6.45, 7) is 4.20. The van der Waals surface area contributed by atoms with E-state index in [9.17, 15) is 13.2 Å². The average molecular weight is 512 g/mol. The molecule has 0 fully saturated rings. The molecule has 0 aliphatic rings. The highest BCUT2D eigenvalue weighted by Gasteiger charge is 2.29. The van der Waals surface area contributed by atoms with E-state index in [2.05, 4.69) is 10.5 Å². The molecule has 1 amide bonds. The van der Waals surface area contributed by atoms with Gasteiger partial charge in [-0.15, -0.1) is 0 Å². The van der Waals surface area contributed by atoms with Crippen molar-refractivity contribution in [3.05, 3.63) is 78.4 Å². The number of para-hydroxylation sites is 2. The lowest BCUT2D eigenvalue weighted by atomic mass is 10.2. The van der Waals surface area contributed by atoms with Crippen LogP contribution >= 0.6 is 0 Å². The monoisotopic (exact) mass is 511 g/mol. The number of rotatable bonds is 12. The van der Waals surface area contributed by atoms with Gasteiger partial charge in [0, 0.05) is 0 Å². The van der Waals surface area contributed by atoms with Gasteiger partial charge < -0.3 is 14.2 Å². The van der Waals surface area contributed by atoms with Crippen LogP contribution in [0.25, 0.3) is 0 Å². The van der Waals surface area contributed by atoms with Crippen molar-refractivity contribution < 1.29 is 27.4 Å². The summed E-state index contributed by atoms with van der Waals surface area (Å²) in [4.78, 5) is 12.8. The highest BCUT2D eigenvalue weighted by atomic mass is 32.2. The minimum atomic E-state index is -4.07. The first-order valence-electron chi connectivity index (χ1n) is 11.3. The van der Waals surface area contributed by atoms with Crippen molar-refractivity contribution in [2.24, 2.45) is 5.10 Å². The molecular weight excluding hydrogens is 482 g/mol. The summed E-state index contributed by atoms with van der Waals surface area (Å²) >= 11 is 0. The van der Waals surface area contributed by atoms with Crippen LogP contribution in [-0.4, -0.2) is 47.4 Å². The Morgan fingerprint density at radius 1 is 0.917 bits per heavy atom. The SMILES string of the molecule is CCOc1ccc(/C=N\NC(=O)CN(c2ccccc2OC)S(=O)(=O)c2ccccc2)cc1OCC. The Bertz CT molecular complexity index is 1300. The molecule has 0 unspecified atom stereocenters. The number of nitrogens with one attached hydrogen (secondary N) is 1. The Morgan fingerprint density at radius 2 is 1.58 bits per heavy atom. The van der Waals surface area contributed by atoms with Crippen molar-refractivity contribution in [1.29, 1.82) is 0 Å². The van der Waals surface area contributed by atoms with E-state index in [0.717, 1.165) is 4.31 Å². The Kier molecular flexibility index (Phi) is 9.29. The molecule has 190 valence electrons. The van der Waals surface area contributed by atoms with Gasteiger partial charge in [-0.1, -0.05) is 30.3 Å². The van der Waals surface area contributed by atoms with Gasteiger partial charge in [0.1, 0.15) is 12.3 Å². The minimum absolute atomic E-state index is 0.0463. The quantitative estimate of drug-likeness (QED) is 0.293. The van der Waals surface area contributed by atoms with Crippen LogP contribution in [0.5, 0.6) is 17.2 Å². The Morgan fingerprint density at radius 3 is 2.28 bits per heavy atom. The smallest absolute Gasteiger partial charge is 0.264 e. The molecule has 3 aromatic carbocycles. The Hall–Kier alpha value is -4.05. The maximum Gasteiger partial charge on any atom is 0.264 e. The molecule has 3 aromatic rings. The molecule has 0 aliphatic carbocycles.